The maximum atomic E-state index is 10.9. The van der Waals surface area contributed by atoms with E-state index in [0.717, 1.165) is 30.5 Å². The van der Waals surface area contributed by atoms with Crippen LogP contribution in [0.15, 0.2) is 29.6 Å². The van der Waals surface area contributed by atoms with E-state index >= 15 is 0 Å². The molecule has 0 aliphatic heterocycles. The maximum Gasteiger partial charge on any atom is 0.216 e. The number of hydrogen-bond donors (Lipinski definition) is 1. The third-order valence-corrected chi connectivity index (χ3v) is 4.90. The highest BCUT2D eigenvalue weighted by Crippen LogP contribution is 2.30. The second-order valence-corrected chi connectivity index (χ2v) is 6.40. The van der Waals surface area contributed by atoms with Crippen LogP contribution in [-0.2, 0) is 11.2 Å². The van der Waals surface area contributed by atoms with Gasteiger partial charge in [0.15, 0.2) is 0 Å². The molecule has 2 rings (SSSR count). The first-order valence-electron chi connectivity index (χ1n) is 7.93. The number of amides is 1. The lowest BCUT2D eigenvalue weighted by atomic mass is 10.0. The van der Waals surface area contributed by atoms with Crippen LogP contribution in [0.4, 0.5) is 0 Å². The second-order valence-electron chi connectivity index (χ2n) is 5.51. The zero-order valence-electron chi connectivity index (χ0n) is 13.6. The molecule has 1 amide bonds. The Labute approximate surface area is 136 Å². The summed E-state index contributed by atoms with van der Waals surface area (Å²) in [5.74, 6) is 0.601. The molecule has 1 aromatic heterocycles. The van der Waals surface area contributed by atoms with Gasteiger partial charge in [0.05, 0.1) is 10.7 Å². The molecule has 3 nitrogen and oxygen atoms in total. The molecule has 0 fully saturated rings. The van der Waals surface area contributed by atoms with Crippen molar-refractivity contribution in [3.05, 3.63) is 40.2 Å². The molecular formula is C18H24N2OS. The quantitative estimate of drug-likeness (QED) is 0.823. The van der Waals surface area contributed by atoms with Gasteiger partial charge in [-0.25, -0.2) is 4.98 Å². The molecule has 0 aliphatic carbocycles. The fourth-order valence-electron chi connectivity index (χ4n) is 2.47. The van der Waals surface area contributed by atoms with Gasteiger partial charge in [-0.2, -0.15) is 0 Å². The smallest absolute Gasteiger partial charge is 0.216 e. The summed E-state index contributed by atoms with van der Waals surface area (Å²) in [5, 5.41) is 6.22. The summed E-state index contributed by atoms with van der Waals surface area (Å²) >= 11 is 1.76. The molecule has 22 heavy (non-hydrogen) atoms. The topological polar surface area (TPSA) is 42.0 Å². The zero-order valence-corrected chi connectivity index (χ0v) is 14.4. The number of hydrogen-bond acceptors (Lipinski definition) is 3. The summed E-state index contributed by atoms with van der Waals surface area (Å²) in [7, 11) is 0. The van der Waals surface area contributed by atoms with Gasteiger partial charge < -0.3 is 5.32 Å². The SMILES string of the molecule is CCC(CC)c1nc(-c2ccc(CCNC(C)=O)cc2)cs1. The average molecular weight is 316 g/mol. The molecule has 0 unspecified atom stereocenters. The Bertz CT molecular complexity index is 600. The number of aromatic nitrogens is 1. The molecular weight excluding hydrogens is 292 g/mol. The predicted octanol–water partition coefficient (Wildman–Crippen LogP) is 4.39. The van der Waals surface area contributed by atoms with Gasteiger partial charge in [0.2, 0.25) is 5.91 Å². The molecule has 118 valence electrons. The van der Waals surface area contributed by atoms with Crippen molar-refractivity contribution in [3.8, 4) is 11.3 Å². The molecule has 1 heterocycles. The van der Waals surface area contributed by atoms with Crippen LogP contribution in [0.25, 0.3) is 11.3 Å². The lowest BCUT2D eigenvalue weighted by molar-refractivity contribution is -0.118. The highest BCUT2D eigenvalue weighted by atomic mass is 32.1. The fourth-order valence-corrected chi connectivity index (χ4v) is 3.57. The van der Waals surface area contributed by atoms with E-state index in [1.165, 1.54) is 10.6 Å². The summed E-state index contributed by atoms with van der Waals surface area (Å²) in [4.78, 5) is 15.7. The highest BCUT2D eigenvalue weighted by Gasteiger charge is 2.12. The average Bonchev–Trinajstić information content (AvgIpc) is 2.99. The Balaban J connectivity index is 2.02. The van der Waals surface area contributed by atoms with Gasteiger partial charge in [-0.05, 0) is 24.8 Å². The van der Waals surface area contributed by atoms with Crippen molar-refractivity contribution in [3.63, 3.8) is 0 Å². The highest BCUT2D eigenvalue weighted by molar-refractivity contribution is 7.10. The van der Waals surface area contributed by atoms with Crippen molar-refractivity contribution >= 4 is 17.2 Å². The van der Waals surface area contributed by atoms with Crippen molar-refractivity contribution in [2.75, 3.05) is 6.54 Å². The van der Waals surface area contributed by atoms with Gasteiger partial charge in [0, 0.05) is 30.3 Å². The van der Waals surface area contributed by atoms with E-state index in [2.05, 4.69) is 48.8 Å². The number of benzene rings is 1. The minimum absolute atomic E-state index is 0.0213. The van der Waals surface area contributed by atoms with Crippen LogP contribution in [0.3, 0.4) is 0 Å². The largest absolute Gasteiger partial charge is 0.356 e. The molecule has 0 saturated heterocycles. The number of carbonyl (C=O) groups excluding carboxylic acids is 1. The van der Waals surface area contributed by atoms with Crippen LogP contribution in [-0.4, -0.2) is 17.4 Å². The van der Waals surface area contributed by atoms with E-state index < -0.39 is 0 Å². The Hall–Kier alpha value is -1.68. The molecule has 4 heteroatoms. The van der Waals surface area contributed by atoms with Crippen LogP contribution in [0.2, 0.25) is 0 Å². The number of thiazole rings is 1. The van der Waals surface area contributed by atoms with Gasteiger partial charge in [0.1, 0.15) is 0 Å². The molecule has 1 aromatic carbocycles. The molecule has 0 bridgehead atoms. The molecule has 0 radical (unpaired) electrons. The summed E-state index contributed by atoms with van der Waals surface area (Å²) in [6.07, 6.45) is 3.15. The van der Waals surface area contributed by atoms with Gasteiger partial charge in [-0.3, -0.25) is 4.79 Å². The molecule has 0 atom stereocenters. The van der Waals surface area contributed by atoms with E-state index in [1.807, 2.05) is 0 Å². The summed E-state index contributed by atoms with van der Waals surface area (Å²) < 4.78 is 0. The monoisotopic (exact) mass is 316 g/mol. The molecule has 0 spiro atoms. The normalized spacial score (nSPS) is 10.9. The summed E-state index contributed by atoms with van der Waals surface area (Å²) in [6, 6.07) is 8.48. The van der Waals surface area contributed by atoms with Crippen molar-refractivity contribution in [1.82, 2.24) is 10.3 Å². The van der Waals surface area contributed by atoms with E-state index in [4.69, 9.17) is 4.98 Å². The van der Waals surface area contributed by atoms with Gasteiger partial charge in [0.25, 0.3) is 0 Å². The van der Waals surface area contributed by atoms with Gasteiger partial charge in [-0.15, -0.1) is 11.3 Å². The van der Waals surface area contributed by atoms with Crippen LogP contribution >= 0.6 is 11.3 Å². The zero-order chi connectivity index (χ0) is 15.9. The first-order valence-corrected chi connectivity index (χ1v) is 8.81. The molecule has 0 aliphatic rings. The Morgan fingerprint density at radius 3 is 2.50 bits per heavy atom. The van der Waals surface area contributed by atoms with E-state index in [9.17, 15) is 4.79 Å². The summed E-state index contributed by atoms with van der Waals surface area (Å²) in [6.45, 7) is 6.67. The molecule has 1 N–H and O–H groups in total. The van der Waals surface area contributed by atoms with E-state index in [-0.39, 0.29) is 5.91 Å². The molecule has 2 aromatic rings. The van der Waals surface area contributed by atoms with E-state index in [0.29, 0.717) is 12.5 Å². The van der Waals surface area contributed by atoms with Crippen LogP contribution in [0.1, 0.15) is 50.1 Å². The third-order valence-electron chi connectivity index (χ3n) is 3.89. The van der Waals surface area contributed by atoms with Crippen LogP contribution in [0, 0.1) is 0 Å². The first kappa shape index (κ1) is 16.7. The molecule has 0 saturated carbocycles. The maximum absolute atomic E-state index is 10.9. The minimum atomic E-state index is 0.0213. The van der Waals surface area contributed by atoms with Crippen molar-refractivity contribution in [2.45, 2.75) is 46.0 Å². The summed E-state index contributed by atoms with van der Waals surface area (Å²) in [5.41, 5.74) is 3.46. The van der Waals surface area contributed by atoms with Gasteiger partial charge >= 0.3 is 0 Å². The Morgan fingerprint density at radius 1 is 1.23 bits per heavy atom. The fraction of sp³-hybridized carbons (Fsp3) is 0.444. The van der Waals surface area contributed by atoms with Crippen molar-refractivity contribution < 1.29 is 4.79 Å². The van der Waals surface area contributed by atoms with Crippen LogP contribution in [0.5, 0.6) is 0 Å². The van der Waals surface area contributed by atoms with Crippen molar-refractivity contribution in [2.24, 2.45) is 0 Å². The Morgan fingerprint density at radius 2 is 1.91 bits per heavy atom. The first-order chi connectivity index (χ1) is 10.6. The van der Waals surface area contributed by atoms with Crippen molar-refractivity contribution in [1.29, 1.82) is 0 Å². The van der Waals surface area contributed by atoms with Gasteiger partial charge in [-0.1, -0.05) is 38.1 Å². The lowest BCUT2D eigenvalue weighted by Gasteiger charge is -2.07. The minimum Gasteiger partial charge on any atom is -0.356 e. The van der Waals surface area contributed by atoms with Crippen LogP contribution < -0.4 is 5.32 Å². The second kappa shape index (κ2) is 8.08. The number of rotatable bonds is 7. The predicted molar refractivity (Wildman–Crippen MR) is 93.3 cm³/mol. The lowest BCUT2D eigenvalue weighted by Crippen LogP contribution is -2.22. The van der Waals surface area contributed by atoms with E-state index in [1.54, 1.807) is 18.3 Å². The number of nitrogens with one attached hydrogen (secondary N) is 1. The Kier molecular flexibility index (Phi) is 6.13. The number of carbonyl (C=O) groups is 1. The standard InChI is InChI=1S/C18H24N2OS/c1-4-15(5-2)18-20-17(12-22-18)16-8-6-14(7-9-16)10-11-19-13(3)21/h6-9,12,15H,4-5,10-11H2,1-3H3,(H,19,21). The number of nitrogens with zero attached hydrogens (tertiary/aromatic N) is 1. The third kappa shape index (κ3) is 4.41.